The molecular weight excluding hydrogens is 366 g/mol. The molecule has 0 spiro atoms. The zero-order chi connectivity index (χ0) is 20.2. The van der Waals surface area contributed by atoms with Crippen LogP contribution < -0.4 is 9.47 Å². The molecule has 0 fully saturated rings. The Bertz CT molecular complexity index is 1130. The Morgan fingerprint density at radius 3 is 2.55 bits per heavy atom. The first-order chi connectivity index (χ1) is 14.1. The van der Waals surface area contributed by atoms with E-state index in [1.165, 1.54) is 12.4 Å². The molecule has 5 nitrogen and oxygen atoms in total. The molecule has 2 heterocycles. The molecule has 0 atom stereocenters. The molecule has 0 bridgehead atoms. The lowest BCUT2D eigenvalue weighted by molar-refractivity contribution is 0.0733. The summed E-state index contributed by atoms with van der Waals surface area (Å²) in [4.78, 5) is 28.8. The molecule has 4 rings (SSSR count). The van der Waals surface area contributed by atoms with Crippen LogP contribution in [0.15, 0.2) is 84.9 Å². The van der Waals surface area contributed by atoms with Crippen LogP contribution in [-0.4, -0.2) is 16.7 Å². The lowest BCUT2D eigenvalue weighted by Crippen LogP contribution is -2.09. The highest BCUT2D eigenvalue weighted by Crippen LogP contribution is 2.39. The lowest BCUT2D eigenvalue weighted by Gasteiger charge is -2.10. The van der Waals surface area contributed by atoms with Crippen molar-refractivity contribution in [2.24, 2.45) is 0 Å². The van der Waals surface area contributed by atoms with Gasteiger partial charge < -0.3 is 9.47 Å². The predicted octanol–water partition coefficient (Wildman–Crippen LogP) is 4.78. The van der Waals surface area contributed by atoms with Crippen molar-refractivity contribution in [1.29, 1.82) is 0 Å². The number of rotatable bonds is 4. The summed E-state index contributed by atoms with van der Waals surface area (Å²) < 4.78 is 11.2. The van der Waals surface area contributed by atoms with E-state index in [2.05, 4.69) is 4.98 Å². The van der Waals surface area contributed by atoms with Gasteiger partial charge in [-0.1, -0.05) is 42.5 Å². The molecule has 0 saturated heterocycles. The Hall–Kier alpha value is -3.99. The number of ether oxygens (including phenoxy) is 2. The van der Waals surface area contributed by atoms with Crippen molar-refractivity contribution in [2.75, 3.05) is 0 Å². The molecule has 1 aromatic heterocycles. The largest absolute Gasteiger partial charge is 0.452 e. The van der Waals surface area contributed by atoms with Crippen LogP contribution in [0.1, 0.15) is 31.8 Å². The van der Waals surface area contributed by atoms with Crippen LogP contribution in [0.2, 0.25) is 0 Å². The Kier molecular flexibility index (Phi) is 5.03. The average molecular weight is 383 g/mol. The van der Waals surface area contributed by atoms with Gasteiger partial charge in [0.15, 0.2) is 5.76 Å². The van der Waals surface area contributed by atoms with Gasteiger partial charge in [-0.25, -0.2) is 4.79 Å². The SMILES string of the molecule is Cc1c(OC(=O)c2ccncc2)ccc2c1O/C(=C\C=C\c1ccccc1)C2=O. The molecule has 0 N–H and O–H groups in total. The van der Waals surface area contributed by atoms with Crippen LogP contribution in [0.3, 0.4) is 0 Å². The van der Waals surface area contributed by atoms with Crippen molar-refractivity contribution in [3.05, 3.63) is 107 Å². The number of allylic oxidation sites excluding steroid dienone is 3. The van der Waals surface area contributed by atoms with Gasteiger partial charge in [-0.2, -0.15) is 0 Å². The normalized spacial score (nSPS) is 14.1. The molecule has 5 heteroatoms. The summed E-state index contributed by atoms with van der Waals surface area (Å²) >= 11 is 0. The van der Waals surface area contributed by atoms with Crippen LogP contribution in [0.25, 0.3) is 6.08 Å². The quantitative estimate of drug-likeness (QED) is 0.368. The van der Waals surface area contributed by atoms with Gasteiger partial charge in [-0.05, 0) is 42.8 Å². The number of hydrogen-bond donors (Lipinski definition) is 0. The van der Waals surface area contributed by atoms with E-state index in [4.69, 9.17) is 9.47 Å². The molecule has 0 unspecified atom stereocenters. The van der Waals surface area contributed by atoms with E-state index in [0.29, 0.717) is 28.2 Å². The zero-order valence-electron chi connectivity index (χ0n) is 15.7. The number of ketones is 1. The molecule has 0 saturated carbocycles. The topological polar surface area (TPSA) is 65.5 Å². The van der Waals surface area contributed by atoms with E-state index < -0.39 is 5.97 Å². The molecule has 29 heavy (non-hydrogen) atoms. The van der Waals surface area contributed by atoms with Crippen molar-refractivity contribution in [3.63, 3.8) is 0 Å². The minimum absolute atomic E-state index is 0.201. The number of hydrogen-bond acceptors (Lipinski definition) is 5. The van der Waals surface area contributed by atoms with Gasteiger partial charge in [-0.15, -0.1) is 0 Å². The summed E-state index contributed by atoms with van der Waals surface area (Å²) in [5, 5.41) is 0. The monoisotopic (exact) mass is 383 g/mol. The smallest absolute Gasteiger partial charge is 0.343 e. The number of fused-ring (bicyclic) bond motifs is 1. The van der Waals surface area contributed by atoms with Crippen molar-refractivity contribution in [2.45, 2.75) is 6.92 Å². The van der Waals surface area contributed by atoms with Crippen LogP contribution in [0, 0.1) is 6.92 Å². The van der Waals surface area contributed by atoms with Gasteiger partial charge >= 0.3 is 5.97 Å². The minimum Gasteiger partial charge on any atom is -0.452 e. The number of esters is 1. The van der Waals surface area contributed by atoms with Gasteiger partial charge in [0.2, 0.25) is 5.78 Å². The molecule has 142 valence electrons. The van der Waals surface area contributed by atoms with E-state index >= 15 is 0 Å². The maximum absolute atomic E-state index is 12.6. The predicted molar refractivity (Wildman–Crippen MR) is 109 cm³/mol. The van der Waals surface area contributed by atoms with Gasteiger partial charge in [-0.3, -0.25) is 9.78 Å². The van der Waals surface area contributed by atoms with E-state index in [-0.39, 0.29) is 11.5 Å². The molecule has 0 aliphatic carbocycles. The number of benzene rings is 2. The van der Waals surface area contributed by atoms with Gasteiger partial charge in [0.1, 0.15) is 11.5 Å². The van der Waals surface area contributed by atoms with Crippen molar-refractivity contribution < 1.29 is 19.1 Å². The summed E-state index contributed by atoms with van der Waals surface area (Å²) in [5.74, 6) is 0.288. The fourth-order valence-electron chi connectivity index (χ4n) is 2.95. The third-order valence-corrected chi connectivity index (χ3v) is 4.49. The van der Waals surface area contributed by atoms with Crippen molar-refractivity contribution in [1.82, 2.24) is 4.98 Å². The number of nitrogens with zero attached hydrogens (tertiary/aromatic N) is 1. The maximum atomic E-state index is 12.6. The summed E-state index contributed by atoms with van der Waals surface area (Å²) in [6.45, 7) is 1.75. The van der Waals surface area contributed by atoms with Crippen LogP contribution >= 0.6 is 0 Å². The fourth-order valence-corrected chi connectivity index (χ4v) is 2.95. The molecule has 3 aromatic rings. The summed E-state index contributed by atoms with van der Waals surface area (Å²) in [6.07, 6.45) is 8.34. The number of carbonyl (C=O) groups is 2. The second-order valence-corrected chi connectivity index (χ2v) is 6.42. The number of carbonyl (C=O) groups excluding carboxylic acids is 2. The Balaban J connectivity index is 1.55. The minimum atomic E-state index is -0.499. The highest BCUT2D eigenvalue weighted by molar-refractivity contribution is 6.13. The van der Waals surface area contributed by atoms with Gasteiger partial charge in [0.05, 0.1) is 11.1 Å². The number of Topliss-reactive ketones (excluding diaryl/α,β-unsaturated/α-hetero) is 1. The first-order valence-corrected chi connectivity index (χ1v) is 9.05. The molecular formula is C24H17NO4. The highest BCUT2D eigenvalue weighted by atomic mass is 16.5. The molecule has 0 radical (unpaired) electrons. The van der Waals surface area contributed by atoms with Crippen LogP contribution in [0.5, 0.6) is 11.5 Å². The van der Waals surface area contributed by atoms with E-state index in [0.717, 1.165) is 5.56 Å². The van der Waals surface area contributed by atoms with Crippen LogP contribution in [0.4, 0.5) is 0 Å². The highest BCUT2D eigenvalue weighted by Gasteiger charge is 2.30. The third-order valence-electron chi connectivity index (χ3n) is 4.49. The van der Waals surface area contributed by atoms with E-state index in [1.807, 2.05) is 36.4 Å². The Labute approximate surface area is 167 Å². The lowest BCUT2D eigenvalue weighted by atomic mass is 10.1. The standard InChI is InChI=1S/C24H17NO4/c1-16-20(29-24(27)18-12-14-25-15-13-18)11-10-19-22(26)21(28-23(16)19)9-5-8-17-6-3-2-4-7-17/h2-15H,1H3/b8-5+,21-9-. The number of pyridine rings is 1. The first kappa shape index (κ1) is 18.4. The molecule has 0 amide bonds. The first-order valence-electron chi connectivity index (χ1n) is 9.05. The van der Waals surface area contributed by atoms with Crippen molar-refractivity contribution in [3.8, 4) is 11.5 Å². The fraction of sp³-hybridized carbons (Fsp3) is 0.0417. The Morgan fingerprint density at radius 2 is 1.79 bits per heavy atom. The maximum Gasteiger partial charge on any atom is 0.343 e. The molecule has 2 aromatic carbocycles. The number of aromatic nitrogens is 1. The van der Waals surface area contributed by atoms with Crippen molar-refractivity contribution >= 4 is 17.8 Å². The summed E-state index contributed by atoms with van der Waals surface area (Å²) in [6, 6.07) is 16.1. The van der Waals surface area contributed by atoms with E-state index in [9.17, 15) is 9.59 Å². The van der Waals surface area contributed by atoms with Crippen LogP contribution in [-0.2, 0) is 0 Å². The Morgan fingerprint density at radius 1 is 1.03 bits per heavy atom. The molecule has 1 aliphatic heterocycles. The summed E-state index contributed by atoms with van der Waals surface area (Å²) in [5.41, 5.74) is 2.46. The van der Waals surface area contributed by atoms with E-state index in [1.54, 1.807) is 43.3 Å². The second kappa shape index (κ2) is 7.94. The van der Waals surface area contributed by atoms with Gasteiger partial charge in [0.25, 0.3) is 0 Å². The van der Waals surface area contributed by atoms with Gasteiger partial charge in [0, 0.05) is 18.0 Å². The molecule has 1 aliphatic rings. The summed E-state index contributed by atoms with van der Waals surface area (Å²) in [7, 11) is 0. The zero-order valence-corrected chi connectivity index (χ0v) is 15.7. The second-order valence-electron chi connectivity index (χ2n) is 6.42. The third kappa shape index (κ3) is 3.84. The average Bonchev–Trinajstić information content (AvgIpc) is 3.08.